The highest BCUT2D eigenvalue weighted by atomic mass is 35.5. The number of carbonyl (C=O) groups excluding carboxylic acids is 1. The van der Waals surface area contributed by atoms with Gasteiger partial charge in [-0.05, 0) is 48.2 Å². The topological polar surface area (TPSA) is 34.0 Å². The number of halogens is 1. The van der Waals surface area contributed by atoms with Crippen molar-refractivity contribution in [3.8, 4) is 0 Å². The Morgan fingerprint density at radius 3 is 2.71 bits per heavy atom. The van der Waals surface area contributed by atoms with Crippen molar-refractivity contribution in [2.45, 2.75) is 25.8 Å². The summed E-state index contributed by atoms with van der Waals surface area (Å²) in [4.78, 5) is 12.0. The Kier molecular flexibility index (Phi) is 3.81. The number of hydrogen-bond donors (Lipinski definition) is 1. The molecular formula is C20H19ClN2O. The fourth-order valence-corrected chi connectivity index (χ4v) is 3.66. The van der Waals surface area contributed by atoms with Crippen LogP contribution in [0.2, 0.25) is 5.02 Å². The molecule has 2 heterocycles. The molecule has 4 heteroatoms. The van der Waals surface area contributed by atoms with Gasteiger partial charge >= 0.3 is 0 Å². The van der Waals surface area contributed by atoms with E-state index in [1.807, 2.05) is 12.1 Å². The summed E-state index contributed by atoms with van der Waals surface area (Å²) in [6, 6.07) is 14.4. The summed E-state index contributed by atoms with van der Waals surface area (Å²) < 4.78 is 2.25. The molecule has 2 aromatic carbocycles. The molecule has 1 atom stereocenters. The van der Waals surface area contributed by atoms with Crippen LogP contribution in [0.15, 0.2) is 48.7 Å². The van der Waals surface area contributed by atoms with Crippen LogP contribution in [0, 0.1) is 6.92 Å². The average Bonchev–Trinajstić information content (AvgIpc) is 3.13. The van der Waals surface area contributed by atoms with Gasteiger partial charge in [-0.2, -0.15) is 0 Å². The maximum absolute atomic E-state index is 12.0. The number of amides is 1. The van der Waals surface area contributed by atoms with Crippen molar-refractivity contribution in [2.75, 3.05) is 6.54 Å². The molecule has 1 aliphatic heterocycles. The highest BCUT2D eigenvalue weighted by Gasteiger charge is 2.26. The Balaban J connectivity index is 1.74. The van der Waals surface area contributed by atoms with Crippen LogP contribution in [0.1, 0.15) is 29.0 Å². The predicted octanol–water partition coefficient (Wildman–Crippen LogP) is 4.25. The van der Waals surface area contributed by atoms with Crippen molar-refractivity contribution in [2.24, 2.45) is 0 Å². The second-order valence-electron chi connectivity index (χ2n) is 6.48. The lowest BCUT2D eigenvalue weighted by molar-refractivity contribution is -0.120. The van der Waals surface area contributed by atoms with Gasteiger partial charge in [0.2, 0.25) is 5.91 Å². The number of benzene rings is 2. The molecule has 1 fully saturated rings. The first-order valence-electron chi connectivity index (χ1n) is 8.23. The lowest BCUT2D eigenvalue weighted by Crippen LogP contribution is -2.17. The van der Waals surface area contributed by atoms with Gasteiger partial charge in [0.15, 0.2) is 0 Å². The van der Waals surface area contributed by atoms with Crippen LogP contribution in [-0.4, -0.2) is 17.0 Å². The first kappa shape index (κ1) is 15.3. The lowest BCUT2D eigenvalue weighted by atomic mass is 9.96. The molecule has 1 saturated heterocycles. The molecule has 1 N–H and O–H groups in total. The second-order valence-corrected chi connectivity index (χ2v) is 6.91. The van der Waals surface area contributed by atoms with Gasteiger partial charge in [-0.15, -0.1) is 0 Å². The highest BCUT2D eigenvalue weighted by molar-refractivity contribution is 6.30. The van der Waals surface area contributed by atoms with Crippen molar-refractivity contribution >= 4 is 28.4 Å². The van der Waals surface area contributed by atoms with Crippen LogP contribution in [0.3, 0.4) is 0 Å². The van der Waals surface area contributed by atoms with E-state index < -0.39 is 0 Å². The normalized spacial score (nSPS) is 17.4. The molecule has 4 rings (SSSR count). The van der Waals surface area contributed by atoms with Gasteiger partial charge in [0.1, 0.15) is 0 Å². The summed E-state index contributed by atoms with van der Waals surface area (Å²) in [6.45, 7) is 3.69. The minimum atomic E-state index is -0.0198. The Morgan fingerprint density at radius 2 is 2.00 bits per heavy atom. The van der Waals surface area contributed by atoms with E-state index in [0.717, 1.165) is 30.1 Å². The molecule has 1 aliphatic rings. The van der Waals surface area contributed by atoms with E-state index in [4.69, 9.17) is 11.6 Å². The van der Waals surface area contributed by atoms with Crippen molar-refractivity contribution in [3.63, 3.8) is 0 Å². The molecule has 122 valence electrons. The van der Waals surface area contributed by atoms with Gasteiger partial charge in [0.25, 0.3) is 0 Å². The third kappa shape index (κ3) is 2.69. The number of aromatic nitrogens is 1. The molecule has 24 heavy (non-hydrogen) atoms. The predicted molar refractivity (Wildman–Crippen MR) is 97.6 cm³/mol. The van der Waals surface area contributed by atoms with Gasteiger partial charge < -0.3 is 9.88 Å². The third-order valence-corrected chi connectivity index (χ3v) is 5.07. The summed E-state index contributed by atoms with van der Waals surface area (Å²) in [5.74, 6) is 0.121. The zero-order valence-electron chi connectivity index (χ0n) is 13.6. The monoisotopic (exact) mass is 338 g/mol. The SMILES string of the molecule is Cc1cn(Cc2ccc(Cl)cc2)c2cc(C3CCNC3=O)ccc12. The molecule has 3 aromatic rings. The van der Waals surface area contributed by atoms with Crippen LogP contribution >= 0.6 is 11.6 Å². The quantitative estimate of drug-likeness (QED) is 0.761. The Bertz CT molecular complexity index is 911. The molecule has 1 aromatic heterocycles. The average molecular weight is 339 g/mol. The fraction of sp³-hybridized carbons (Fsp3) is 0.250. The van der Waals surface area contributed by atoms with E-state index in [9.17, 15) is 4.79 Å². The summed E-state index contributed by atoms with van der Waals surface area (Å²) in [5.41, 5.74) is 4.74. The van der Waals surface area contributed by atoms with Gasteiger partial charge in [-0.25, -0.2) is 0 Å². The maximum atomic E-state index is 12.0. The van der Waals surface area contributed by atoms with Crippen molar-refractivity contribution in [1.29, 1.82) is 0 Å². The minimum Gasteiger partial charge on any atom is -0.356 e. The molecule has 0 bridgehead atoms. The van der Waals surface area contributed by atoms with Crippen molar-refractivity contribution < 1.29 is 4.79 Å². The smallest absolute Gasteiger partial charge is 0.227 e. The fourth-order valence-electron chi connectivity index (χ4n) is 3.54. The largest absolute Gasteiger partial charge is 0.356 e. The first-order chi connectivity index (χ1) is 11.6. The molecule has 3 nitrogen and oxygen atoms in total. The molecule has 0 spiro atoms. The standard InChI is InChI=1S/C20H19ClN2O/c1-13-11-23(12-14-2-5-16(21)6-3-14)19-10-15(4-7-17(13)19)18-8-9-22-20(18)24/h2-7,10-11,18H,8-9,12H2,1H3,(H,22,24). The van der Waals surface area contributed by atoms with Gasteiger partial charge in [-0.1, -0.05) is 35.9 Å². The Hall–Kier alpha value is -2.26. The van der Waals surface area contributed by atoms with Crippen LogP contribution in [0.4, 0.5) is 0 Å². The van der Waals surface area contributed by atoms with E-state index in [2.05, 4.69) is 53.3 Å². The zero-order chi connectivity index (χ0) is 16.7. The number of rotatable bonds is 3. The first-order valence-corrected chi connectivity index (χ1v) is 8.61. The number of nitrogens with one attached hydrogen (secondary N) is 1. The van der Waals surface area contributed by atoms with Gasteiger partial charge in [0, 0.05) is 35.2 Å². The summed E-state index contributed by atoms with van der Waals surface area (Å²) in [7, 11) is 0. The van der Waals surface area contributed by atoms with E-state index in [1.165, 1.54) is 22.0 Å². The third-order valence-electron chi connectivity index (χ3n) is 4.82. The van der Waals surface area contributed by atoms with E-state index >= 15 is 0 Å². The number of fused-ring (bicyclic) bond motifs is 1. The van der Waals surface area contributed by atoms with Crippen LogP contribution in [-0.2, 0) is 11.3 Å². The molecule has 0 aliphatic carbocycles. The summed E-state index contributed by atoms with van der Waals surface area (Å²) in [5, 5.41) is 4.92. The van der Waals surface area contributed by atoms with Crippen LogP contribution in [0.5, 0.6) is 0 Å². The molecule has 0 radical (unpaired) electrons. The van der Waals surface area contributed by atoms with Crippen LogP contribution < -0.4 is 5.32 Å². The molecule has 0 saturated carbocycles. The molecule has 1 amide bonds. The van der Waals surface area contributed by atoms with Crippen molar-refractivity contribution in [1.82, 2.24) is 9.88 Å². The number of carbonyl (C=O) groups is 1. The summed E-state index contributed by atoms with van der Waals surface area (Å²) in [6.07, 6.45) is 3.05. The van der Waals surface area contributed by atoms with Gasteiger partial charge in [-0.3, -0.25) is 4.79 Å². The number of nitrogens with zero attached hydrogens (tertiary/aromatic N) is 1. The number of aryl methyl sites for hydroxylation is 1. The lowest BCUT2D eigenvalue weighted by Gasteiger charge is -2.10. The minimum absolute atomic E-state index is 0.0198. The van der Waals surface area contributed by atoms with Crippen LogP contribution in [0.25, 0.3) is 10.9 Å². The summed E-state index contributed by atoms with van der Waals surface area (Å²) >= 11 is 5.98. The van der Waals surface area contributed by atoms with E-state index in [1.54, 1.807) is 0 Å². The highest BCUT2D eigenvalue weighted by Crippen LogP contribution is 2.29. The zero-order valence-corrected chi connectivity index (χ0v) is 14.3. The van der Waals surface area contributed by atoms with Gasteiger partial charge in [0.05, 0.1) is 5.92 Å². The Morgan fingerprint density at radius 1 is 1.21 bits per heavy atom. The van der Waals surface area contributed by atoms with E-state index in [-0.39, 0.29) is 11.8 Å². The number of hydrogen-bond acceptors (Lipinski definition) is 1. The molecular weight excluding hydrogens is 320 g/mol. The van der Waals surface area contributed by atoms with Crippen molar-refractivity contribution in [3.05, 3.63) is 70.4 Å². The Labute approximate surface area is 146 Å². The van der Waals surface area contributed by atoms with E-state index in [0.29, 0.717) is 0 Å². The molecule has 1 unspecified atom stereocenters. The maximum Gasteiger partial charge on any atom is 0.227 e. The second kappa shape index (κ2) is 5.99.